The van der Waals surface area contributed by atoms with E-state index < -0.39 is 47.4 Å². The third-order valence-corrected chi connectivity index (χ3v) is 17.0. The van der Waals surface area contributed by atoms with Crippen LogP contribution < -0.4 is 72.9 Å². The normalized spacial score (nSPS) is 10.3. The maximum Gasteiger partial charge on any atom is 1.00 e. The number of ketones is 2. The number of esters is 4. The van der Waals surface area contributed by atoms with Gasteiger partial charge in [-0.25, -0.2) is 33.3 Å². The average molecular weight is 1730 g/mol. The Kier molecular flexibility index (Phi) is 48.4. The van der Waals surface area contributed by atoms with Crippen LogP contribution in [0.4, 0.5) is 5.69 Å². The van der Waals surface area contributed by atoms with E-state index in [9.17, 15) is 48.9 Å². The van der Waals surface area contributed by atoms with Gasteiger partial charge in [0.05, 0.1) is 69.9 Å². The van der Waals surface area contributed by atoms with Gasteiger partial charge in [-0.05, 0) is 161 Å². The maximum absolute atomic E-state index is 12.3. The van der Waals surface area contributed by atoms with Gasteiger partial charge in [0.2, 0.25) is 0 Å². The van der Waals surface area contributed by atoms with E-state index in [0.717, 1.165) is 57.1 Å². The topological polar surface area (TPSA) is 364 Å². The van der Waals surface area contributed by atoms with E-state index in [1.165, 1.54) is 18.1 Å². The van der Waals surface area contributed by atoms with Gasteiger partial charge >= 0.3 is 81.2 Å². The average Bonchev–Trinajstić information content (AvgIpc) is 1.63. The Morgan fingerprint density at radius 2 is 0.793 bits per heavy atom. The van der Waals surface area contributed by atoms with Gasteiger partial charge in [-0.1, -0.05) is 238 Å². The molecule has 0 spiro atoms. The number of aliphatic carboxylic acids is 1. The number of aromatic carboxylic acids is 1. The molecule has 0 amide bonds. The zero-order chi connectivity index (χ0) is 85.6. The number of hydrogen-bond acceptors (Lipinski definition) is 19. The standard InChI is InChI=1S/C20H18Cl2N2O2.C18H14Cl2N2O2.C14H16O4.2C10H12O.C6H6Cl2N2.C6H10O4.C2H4O2.K.H2O/c1-4-26-20(25)18-13(3)19(14-7-5-12(2)6-8-14)24(23-18)17-10-9-15(21)11-16(17)22;1-10-3-5-12(6-4-10)17-11(2)16(18(23)24)21-22(17)15-8-7-13(19)9-14(15)20;1-4-18-14(17)13(16)10(3)12(15)11-7-5-9(2)6-8-11;2*1-3-10(11)9-6-4-8(2)5-7-9;7-4-1-2-6(10-9)5(8)3-4;1-3-9-5(7)6(8)10-4-2;1-2(3)4;;/h5-11H,4H2,1-3H3;3-9H,1-2H3,(H,23,24);5-8,15H,4H2,1-3H3;4-7H,3H2,1-2H3;3-7,11H,1-2H3;1-3,10H,9H2;3-4H2,1-2H3;1H3,(H,3,4);;1H2/q;;;;;;;;+1;/p-3. The summed E-state index contributed by atoms with van der Waals surface area (Å²) in [5.41, 5.74) is 16.7. The van der Waals surface area contributed by atoms with E-state index in [2.05, 4.69) is 29.8 Å². The minimum Gasteiger partial charge on any atom is -0.872 e. The molecule has 23 nitrogen and oxygen atoms in total. The first-order valence-electron chi connectivity index (χ1n) is 35.2. The number of carbonyl (C=O) groups excluding carboxylic acids is 6. The fourth-order valence-corrected chi connectivity index (χ4v) is 11.0. The molecule has 8 aromatic carbocycles. The molecule has 0 aliphatic carbocycles. The minimum atomic E-state index is -1.08. The number of nitrogens with zero attached hydrogens (tertiary/aromatic N) is 4. The van der Waals surface area contributed by atoms with Gasteiger partial charge in [0.1, 0.15) is 0 Å². The van der Waals surface area contributed by atoms with Crippen LogP contribution in [0.15, 0.2) is 188 Å². The molecule has 10 rings (SSSR count). The Morgan fingerprint density at radius 1 is 0.466 bits per heavy atom. The summed E-state index contributed by atoms with van der Waals surface area (Å²) in [4.78, 5) is 87.7. The number of aryl methyl sites for hydroxylation is 5. The van der Waals surface area contributed by atoms with Crippen molar-refractivity contribution in [3.8, 4) is 33.9 Å². The third kappa shape index (κ3) is 34.0. The van der Waals surface area contributed by atoms with Crippen molar-refractivity contribution in [3.05, 3.63) is 285 Å². The fraction of sp³-hybridized carbons (Fsp3) is 0.233. The Labute approximate surface area is 748 Å². The first-order valence-corrected chi connectivity index (χ1v) is 37.5. The number of Topliss-reactive ketones (excluding diaryl/α,β-unsaturated/α-hetero) is 2. The molecule has 0 radical (unpaired) electrons. The van der Waals surface area contributed by atoms with Crippen LogP contribution in [0.25, 0.3) is 45.4 Å². The summed E-state index contributed by atoms with van der Waals surface area (Å²) in [5.74, 6) is -1.13. The molecule has 612 valence electrons. The number of carboxylic acid groups (broad SMARTS) is 2. The molecule has 6 N–H and O–H groups in total. The molecular formula is C86H91Cl6KN6O17-2. The number of allylic oxidation sites excluding steroid dienone is 1. The van der Waals surface area contributed by atoms with Crippen LogP contribution in [-0.4, -0.2) is 109 Å². The third-order valence-electron chi connectivity index (χ3n) is 15.4. The quantitative estimate of drug-likeness (QED) is 0.00757. The molecule has 0 bridgehead atoms. The predicted molar refractivity (Wildman–Crippen MR) is 449 cm³/mol. The zero-order valence-corrected chi connectivity index (χ0v) is 74.7. The first-order chi connectivity index (χ1) is 53.9. The van der Waals surface area contributed by atoms with Crippen molar-refractivity contribution in [2.75, 3.05) is 31.9 Å². The summed E-state index contributed by atoms with van der Waals surface area (Å²) < 4.78 is 21.6. The van der Waals surface area contributed by atoms with E-state index in [1.807, 2.05) is 146 Å². The monoisotopic (exact) mass is 1730 g/mol. The van der Waals surface area contributed by atoms with Crippen molar-refractivity contribution in [1.82, 2.24) is 19.6 Å². The van der Waals surface area contributed by atoms with E-state index in [1.54, 1.807) is 136 Å². The Morgan fingerprint density at radius 3 is 1.13 bits per heavy atom. The number of hydrazine groups is 1. The van der Waals surface area contributed by atoms with Crippen LogP contribution in [0.5, 0.6) is 0 Å². The second kappa shape index (κ2) is 53.7. The first kappa shape index (κ1) is 105. The fourth-order valence-electron chi connectivity index (χ4n) is 9.53. The van der Waals surface area contributed by atoms with Gasteiger partial charge in [0.15, 0.2) is 17.2 Å². The van der Waals surface area contributed by atoms with Gasteiger partial charge in [-0.2, -0.15) is 10.2 Å². The number of hydrogen-bond donors (Lipinski definition) is 4. The number of carboxylic acids is 2. The Bertz CT molecular complexity index is 4960. The van der Waals surface area contributed by atoms with E-state index >= 15 is 0 Å². The largest absolute Gasteiger partial charge is 1.00 e. The number of halogens is 6. The van der Waals surface area contributed by atoms with E-state index in [-0.39, 0.29) is 112 Å². The number of ether oxygens (including phenoxy) is 4. The summed E-state index contributed by atoms with van der Waals surface area (Å²) in [5, 5.41) is 51.6. The molecule has 0 aliphatic heterocycles. The van der Waals surface area contributed by atoms with E-state index in [4.69, 9.17) is 90.1 Å². The summed E-state index contributed by atoms with van der Waals surface area (Å²) in [6.45, 7) is 27.0. The summed E-state index contributed by atoms with van der Waals surface area (Å²) in [6.07, 6.45) is 2.16. The van der Waals surface area contributed by atoms with Crippen molar-refractivity contribution in [3.63, 3.8) is 0 Å². The second-order valence-electron chi connectivity index (χ2n) is 24.2. The number of benzene rings is 8. The van der Waals surface area contributed by atoms with Crippen LogP contribution >= 0.6 is 69.6 Å². The number of nitrogens with two attached hydrogens (primary N) is 1. The van der Waals surface area contributed by atoms with Gasteiger partial charge < -0.3 is 50.3 Å². The molecular weight excluding hydrogens is 1640 g/mol. The van der Waals surface area contributed by atoms with Crippen molar-refractivity contribution < 1.29 is 135 Å². The minimum absolute atomic E-state index is 0. The van der Waals surface area contributed by atoms with Gasteiger partial charge in [-0.15, -0.1) is 5.76 Å². The van der Waals surface area contributed by atoms with Crippen LogP contribution in [0, 0.1) is 48.5 Å². The van der Waals surface area contributed by atoms with E-state index in [0.29, 0.717) is 70.4 Å². The second-order valence-corrected chi connectivity index (χ2v) is 26.7. The molecule has 116 heavy (non-hydrogen) atoms. The number of carbonyl (C=O) groups is 8. The molecule has 10 aromatic rings. The van der Waals surface area contributed by atoms with Crippen molar-refractivity contribution >= 4 is 134 Å². The molecule has 0 atom stereocenters. The van der Waals surface area contributed by atoms with Gasteiger partial charge in [0.25, 0.3) is 11.8 Å². The van der Waals surface area contributed by atoms with Crippen LogP contribution in [0.2, 0.25) is 30.1 Å². The number of nitrogens with one attached hydrogen (secondary N) is 1. The zero-order valence-electron chi connectivity index (χ0n) is 67.0. The number of aromatic nitrogens is 4. The van der Waals surface area contributed by atoms with Crippen molar-refractivity contribution in [2.24, 2.45) is 5.84 Å². The molecule has 2 aromatic heterocycles. The van der Waals surface area contributed by atoms with Crippen molar-refractivity contribution in [2.45, 2.75) is 110 Å². The molecule has 0 fully saturated rings. The molecule has 2 heterocycles. The molecule has 0 saturated heterocycles. The van der Waals surface area contributed by atoms with Crippen LogP contribution in [0.3, 0.4) is 0 Å². The Hall–Kier alpha value is -9.48. The number of nitrogen functional groups attached to an aromatic ring is 1. The predicted octanol–water partition coefficient (Wildman–Crippen LogP) is 15.6. The van der Waals surface area contributed by atoms with Crippen molar-refractivity contribution in [1.29, 1.82) is 0 Å². The Balaban J connectivity index is 0.000000692. The summed E-state index contributed by atoms with van der Waals surface area (Å²) in [7, 11) is 0. The van der Waals surface area contributed by atoms with Crippen LogP contribution in [-0.2, 0) is 42.9 Å². The number of rotatable bonds is 17. The molecule has 0 unspecified atom stereocenters. The summed E-state index contributed by atoms with van der Waals surface area (Å²) in [6, 6.07) is 53.1. The maximum atomic E-state index is 12.3. The molecule has 30 heteroatoms. The summed E-state index contributed by atoms with van der Waals surface area (Å²) >= 11 is 36.0. The number of anilines is 1. The van der Waals surface area contributed by atoms with Gasteiger partial charge in [0, 0.05) is 56.2 Å². The SMILES string of the molecule is CC(=O)O.CC=C([O-])c1ccc(C)cc1.CCC(=O)c1ccc(C)cc1.CCOC(=O)C(=O)C(C)=C([O-])c1ccc(C)cc1.CCOC(=O)C(=O)OCC.CCOC(=O)c1nn(-c2ccc(Cl)cc2Cl)c(-c2ccc(C)cc2)c1C.Cc1ccc(-c2c(C)c(C(=O)O)nn2-c2ccc(Cl)cc2Cl)cc1.NNc1ccc(Cl)cc1Cl.[K+].[OH-]. The van der Waals surface area contributed by atoms with Gasteiger partial charge in [-0.3, -0.25) is 20.2 Å². The smallest absolute Gasteiger partial charge is 0.872 e. The molecule has 0 saturated carbocycles. The molecule has 0 aliphatic rings. The van der Waals surface area contributed by atoms with Crippen LogP contribution in [0.1, 0.15) is 143 Å².